The second-order valence-corrected chi connectivity index (χ2v) is 3.15. The van der Waals surface area contributed by atoms with Crippen molar-refractivity contribution < 1.29 is 14.7 Å². The maximum atomic E-state index is 11.3. The Bertz CT molecular complexity index is 272. The van der Waals surface area contributed by atoms with Crippen molar-refractivity contribution in [1.82, 2.24) is 10.6 Å². The number of nitrogens with zero attached hydrogens (tertiary/aromatic N) is 1. The van der Waals surface area contributed by atoms with E-state index in [1.54, 1.807) is 6.92 Å². The summed E-state index contributed by atoms with van der Waals surface area (Å²) in [6, 6.07) is 0.528. The summed E-state index contributed by atoms with van der Waals surface area (Å²) in [6.45, 7) is 3.41. The Labute approximate surface area is 88.3 Å². The van der Waals surface area contributed by atoms with Gasteiger partial charge in [-0.05, 0) is 13.8 Å². The van der Waals surface area contributed by atoms with Crippen LogP contribution in [0.3, 0.4) is 0 Å². The average Bonchev–Trinajstić information content (AvgIpc) is 2.17. The minimum atomic E-state index is -1.08. The van der Waals surface area contributed by atoms with Crippen LogP contribution in [-0.2, 0) is 9.59 Å². The summed E-state index contributed by atoms with van der Waals surface area (Å²) in [7, 11) is 0. The molecule has 1 amide bonds. The molecule has 0 aromatic carbocycles. The maximum Gasteiger partial charge on any atom is 0.325 e. The zero-order valence-electron chi connectivity index (χ0n) is 8.78. The molecule has 84 valence electrons. The molecule has 2 atom stereocenters. The zero-order valence-corrected chi connectivity index (χ0v) is 8.78. The molecule has 6 nitrogen and oxygen atoms in total. The highest BCUT2D eigenvalue weighted by atomic mass is 16.4. The van der Waals surface area contributed by atoms with E-state index < -0.39 is 18.1 Å². The number of carbonyl (C=O) groups excluding carboxylic acids is 1. The first-order chi connectivity index (χ1) is 6.99. The van der Waals surface area contributed by atoms with Crippen LogP contribution in [0.4, 0.5) is 0 Å². The van der Waals surface area contributed by atoms with Crippen LogP contribution in [0.15, 0.2) is 0 Å². The van der Waals surface area contributed by atoms with Gasteiger partial charge in [0.05, 0.1) is 12.1 Å². The molecule has 0 spiro atoms. The number of aliphatic carboxylic acids is 1. The molecule has 0 rings (SSSR count). The first kappa shape index (κ1) is 13.4. The molecular weight excluding hydrogens is 198 g/mol. The Morgan fingerprint density at radius 3 is 2.47 bits per heavy atom. The first-order valence-corrected chi connectivity index (χ1v) is 4.62. The van der Waals surface area contributed by atoms with E-state index in [1.165, 1.54) is 6.92 Å². The summed E-state index contributed by atoms with van der Waals surface area (Å²) in [4.78, 5) is 21.8. The fourth-order valence-corrected chi connectivity index (χ4v) is 0.837. The molecule has 0 aliphatic heterocycles. The summed E-state index contributed by atoms with van der Waals surface area (Å²) in [5, 5.41) is 21.9. The van der Waals surface area contributed by atoms with Gasteiger partial charge in [-0.25, -0.2) is 0 Å². The molecular formula is C9H15N3O3. The lowest BCUT2D eigenvalue weighted by molar-refractivity contribution is -0.141. The van der Waals surface area contributed by atoms with E-state index in [-0.39, 0.29) is 5.91 Å². The Kier molecular flexibility index (Phi) is 6.06. The van der Waals surface area contributed by atoms with Gasteiger partial charge >= 0.3 is 5.97 Å². The van der Waals surface area contributed by atoms with Gasteiger partial charge in [-0.3, -0.25) is 9.59 Å². The molecule has 0 fully saturated rings. The summed E-state index contributed by atoms with van der Waals surface area (Å²) >= 11 is 0. The number of rotatable bonds is 6. The van der Waals surface area contributed by atoms with Crippen molar-refractivity contribution in [3.8, 4) is 6.07 Å². The number of nitriles is 1. The summed E-state index contributed by atoms with van der Waals surface area (Å²) in [5.74, 6) is -1.46. The summed E-state index contributed by atoms with van der Waals surface area (Å²) in [6.07, 6.45) is 0.312. The van der Waals surface area contributed by atoms with Gasteiger partial charge in [-0.15, -0.1) is 0 Å². The fraction of sp³-hybridized carbons (Fsp3) is 0.667. The van der Waals surface area contributed by atoms with Gasteiger partial charge < -0.3 is 15.7 Å². The standard InChI is InChI=1S/C9H15N3O3/c1-6(11-5-3-4-10)8(13)12-7(2)9(14)15/h6-7,11H,3,5H2,1-2H3,(H,12,13)(H,14,15)/t6-,7-/m0/s1. The van der Waals surface area contributed by atoms with Gasteiger partial charge in [-0.2, -0.15) is 5.26 Å². The van der Waals surface area contributed by atoms with Crippen LogP contribution < -0.4 is 10.6 Å². The molecule has 0 saturated heterocycles. The largest absolute Gasteiger partial charge is 0.480 e. The van der Waals surface area contributed by atoms with E-state index in [0.717, 1.165) is 0 Å². The van der Waals surface area contributed by atoms with Crippen molar-refractivity contribution >= 4 is 11.9 Å². The minimum absolute atomic E-state index is 0.312. The van der Waals surface area contributed by atoms with Gasteiger partial charge in [0.1, 0.15) is 6.04 Å². The van der Waals surface area contributed by atoms with Crippen molar-refractivity contribution in [3.05, 3.63) is 0 Å². The lowest BCUT2D eigenvalue weighted by Crippen LogP contribution is -2.48. The van der Waals surface area contributed by atoms with Gasteiger partial charge in [0.15, 0.2) is 0 Å². The topological polar surface area (TPSA) is 102 Å². The molecule has 15 heavy (non-hydrogen) atoms. The van der Waals surface area contributed by atoms with Crippen LogP contribution >= 0.6 is 0 Å². The van der Waals surface area contributed by atoms with E-state index in [9.17, 15) is 9.59 Å². The average molecular weight is 213 g/mol. The van der Waals surface area contributed by atoms with Gasteiger partial charge in [-0.1, -0.05) is 0 Å². The number of hydrogen-bond acceptors (Lipinski definition) is 4. The molecule has 0 saturated carbocycles. The summed E-state index contributed by atoms with van der Waals surface area (Å²) in [5.41, 5.74) is 0. The highest BCUT2D eigenvalue weighted by Crippen LogP contribution is 1.87. The third-order valence-electron chi connectivity index (χ3n) is 1.81. The minimum Gasteiger partial charge on any atom is -0.480 e. The quantitative estimate of drug-likeness (QED) is 0.515. The maximum absolute atomic E-state index is 11.3. The predicted octanol–water partition coefficient (Wildman–Crippen LogP) is -0.533. The van der Waals surface area contributed by atoms with Crippen molar-refractivity contribution in [2.45, 2.75) is 32.4 Å². The fourth-order valence-electron chi connectivity index (χ4n) is 0.837. The van der Waals surface area contributed by atoms with Crippen molar-refractivity contribution in [3.63, 3.8) is 0 Å². The molecule has 0 heterocycles. The van der Waals surface area contributed by atoms with E-state index in [0.29, 0.717) is 13.0 Å². The van der Waals surface area contributed by atoms with Gasteiger partial charge in [0, 0.05) is 13.0 Å². The SMILES string of the molecule is C[C@H](NC(=O)[C@H](C)NCCC#N)C(=O)O. The lowest BCUT2D eigenvalue weighted by Gasteiger charge is -2.15. The number of carboxylic acid groups (broad SMARTS) is 1. The number of nitrogens with one attached hydrogen (secondary N) is 2. The second kappa shape index (κ2) is 6.79. The molecule has 0 aromatic rings. The van der Waals surface area contributed by atoms with Crippen molar-refractivity contribution in [2.24, 2.45) is 0 Å². The molecule has 6 heteroatoms. The van der Waals surface area contributed by atoms with E-state index in [4.69, 9.17) is 10.4 Å². The number of carboxylic acids is 1. The zero-order chi connectivity index (χ0) is 11.8. The molecule has 0 unspecified atom stereocenters. The molecule has 0 radical (unpaired) electrons. The Morgan fingerprint density at radius 1 is 1.40 bits per heavy atom. The van der Waals surface area contributed by atoms with Crippen molar-refractivity contribution in [1.29, 1.82) is 5.26 Å². The molecule has 0 bridgehead atoms. The molecule has 0 aliphatic rings. The molecule has 3 N–H and O–H groups in total. The second-order valence-electron chi connectivity index (χ2n) is 3.15. The highest BCUT2D eigenvalue weighted by Gasteiger charge is 2.17. The molecule has 0 aliphatic carbocycles. The smallest absolute Gasteiger partial charge is 0.325 e. The van der Waals surface area contributed by atoms with E-state index >= 15 is 0 Å². The van der Waals surface area contributed by atoms with Crippen molar-refractivity contribution in [2.75, 3.05) is 6.54 Å². The van der Waals surface area contributed by atoms with Gasteiger partial charge in [0.2, 0.25) is 5.91 Å². The summed E-state index contributed by atoms with van der Waals surface area (Å²) < 4.78 is 0. The monoisotopic (exact) mass is 213 g/mol. The first-order valence-electron chi connectivity index (χ1n) is 4.62. The number of amides is 1. The Balaban J connectivity index is 3.89. The van der Waals surface area contributed by atoms with Crippen LogP contribution in [0, 0.1) is 11.3 Å². The Hall–Kier alpha value is -1.61. The van der Waals surface area contributed by atoms with Crippen LogP contribution in [0.1, 0.15) is 20.3 Å². The Morgan fingerprint density at radius 2 is 2.00 bits per heavy atom. The highest BCUT2D eigenvalue weighted by molar-refractivity contribution is 5.86. The third kappa shape index (κ3) is 5.65. The molecule has 0 aromatic heterocycles. The van der Waals surface area contributed by atoms with Crippen LogP contribution in [0.2, 0.25) is 0 Å². The van der Waals surface area contributed by atoms with E-state index in [1.807, 2.05) is 6.07 Å². The van der Waals surface area contributed by atoms with Crippen LogP contribution in [-0.4, -0.2) is 35.6 Å². The van der Waals surface area contributed by atoms with Crippen LogP contribution in [0.25, 0.3) is 0 Å². The van der Waals surface area contributed by atoms with Gasteiger partial charge in [0.25, 0.3) is 0 Å². The normalized spacial score (nSPS) is 13.7. The lowest BCUT2D eigenvalue weighted by atomic mass is 10.2. The number of hydrogen-bond donors (Lipinski definition) is 3. The van der Waals surface area contributed by atoms with E-state index in [2.05, 4.69) is 10.6 Å². The van der Waals surface area contributed by atoms with Crippen LogP contribution in [0.5, 0.6) is 0 Å². The predicted molar refractivity (Wildman–Crippen MR) is 52.9 cm³/mol. The number of carbonyl (C=O) groups is 2. The third-order valence-corrected chi connectivity index (χ3v) is 1.81.